The SMILES string of the molecule is COc1ncc(N2C=COC(C3=C(O[C@H]4CCN(C(=O)c5ccc(=O)n(C)c5)C4)C=CCC3)=C2)cc1C#N. The molecule has 1 amide bonds. The lowest BCUT2D eigenvalue weighted by molar-refractivity contribution is 0.0742. The number of rotatable bonds is 6. The third kappa shape index (κ3) is 5.04. The number of aryl methyl sites for hydroxylation is 1. The Morgan fingerprint density at radius 1 is 1.32 bits per heavy atom. The van der Waals surface area contributed by atoms with Crippen LogP contribution in [-0.2, 0) is 16.5 Å². The number of amides is 1. The standard InChI is InChI=1S/C28H27N5O5/c1-31-16-19(7-8-26(31)34)28(35)33-10-9-22(17-33)38-24-6-4-3-5-23(24)25-18-32(11-12-37-25)21-13-20(14-29)27(36-2)30-15-21/h4,6-8,11-13,15-16,18,22H,3,5,9-10,17H2,1-2H3/t22-/m0/s1. The third-order valence-corrected chi connectivity index (χ3v) is 6.61. The summed E-state index contributed by atoms with van der Waals surface area (Å²) in [5, 5.41) is 9.42. The first-order valence-corrected chi connectivity index (χ1v) is 12.3. The number of nitrogens with zero attached hydrogens (tertiary/aromatic N) is 5. The summed E-state index contributed by atoms with van der Waals surface area (Å²) in [6.07, 6.45) is 14.5. The summed E-state index contributed by atoms with van der Waals surface area (Å²) in [5.41, 5.74) is 2.27. The number of anilines is 1. The number of carbonyl (C=O) groups excluding carboxylic acids is 1. The number of aromatic nitrogens is 2. The third-order valence-electron chi connectivity index (χ3n) is 6.61. The smallest absolute Gasteiger partial charge is 0.255 e. The van der Waals surface area contributed by atoms with Gasteiger partial charge >= 0.3 is 0 Å². The van der Waals surface area contributed by atoms with Crippen LogP contribution in [0.25, 0.3) is 0 Å². The zero-order valence-corrected chi connectivity index (χ0v) is 21.2. The zero-order chi connectivity index (χ0) is 26.6. The van der Waals surface area contributed by atoms with E-state index in [0.717, 1.165) is 18.4 Å². The Morgan fingerprint density at radius 2 is 2.18 bits per heavy atom. The van der Waals surface area contributed by atoms with E-state index >= 15 is 0 Å². The second-order valence-corrected chi connectivity index (χ2v) is 9.10. The molecule has 0 bridgehead atoms. The summed E-state index contributed by atoms with van der Waals surface area (Å²) < 4.78 is 18.8. The van der Waals surface area contributed by atoms with Gasteiger partial charge in [0.15, 0.2) is 0 Å². The highest BCUT2D eigenvalue weighted by Crippen LogP contribution is 2.33. The molecule has 0 radical (unpaired) electrons. The summed E-state index contributed by atoms with van der Waals surface area (Å²) in [7, 11) is 3.11. The molecule has 0 spiro atoms. The van der Waals surface area contributed by atoms with Gasteiger partial charge in [-0.25, -0.2) is 4.98 Å². The number of nitriles is 1. The maximum absolute atomic E-state index is 13.0. The molecule has 5 rings (SSSR count). The summed E-state index contributed by atoms with van der Waals surface area (Å²) in [6.45, 7) is 1.02. The van der Waals surface area contributed by atoms with Gasteiger partial charge < -0.3 is 28.6 Å². The van der Waals surface area contributed by atoms with Crippen molar-refractivity contribution in [2.45, 2.75) is 25.4 Å². The van der Waals surface area contributed by atoms with Crippen molar-refractivity contribution >= 4 is 11.6 Å². The normalized spacial score (nSPS) is 18.7. The molecule has 1 atom stereocenters. The molecular weight excluding hydrogens is 486 g/mol. The van der Waals surface area contributed by atoms with Gasteiger partial charge in [0.2, 0.25) is 11.4 Å². The number of hydrogen-bond donors (Lipinski definition) is 0. The molecule has 2 aromatic heterocycles. The van der Waals surface area contributed by atoms with Crippen LogP contribution in [0.1, 0.15) is 35.2 Å². The van der Waals surface area contributed by atoms with Gasteiger partial charge in [0, 0.05) is 44.0 Å². The minimum Gasteiger partial charge on any atom is -0.488 e. The topological polar surface area (TPSA) is 110 Å². The molecule has 0 N–H and O–H groups in total. The maximum Gasteiger partial charge on any atom is 0.255 e. The van der Waals surface area contributed by atoms with E-state index < -0.39 is 0 Å². The summed E-state index contributed by atoms with van der Waals surface area (Å²) in [4.78, 5) is 32.5. The fourth-order valence-electron chi connectivity index (χ4n) is 4.59. The monoisotopic (exact) mass is 513 g/mol. The molecule has 194 valence electrons. The van der Waals surface area contributed by atoms with Crippen LogP contribution in [0.5, 0.6) is 5.88 Å². The Bertz CT molecular complexity index is 1480. The molecule has 10 nitrogen and oxygen atoms in total. The summed E-state index contributed by atoms with van der Waals surface area (Å²) in [6, 6.07) is 6.77. The molecule has 0 aromatic carbocycles. The van der Waals surface area contributed by atoms with Gasteiger partial charge in [0.25, 0.3) is 5.91 Å². The number of carbonyl (C=O) groups is 1. The Hall–Kier alpha value is -4.78. The van der Waals surface area contributed by atoms with E-state index in [0.29, 0.717) is 47.8 Å². The van der Waals surface area contributed by atoms with Crippen molar-refractivity contribution in [3.63, 3.8) is 0 Å². The van der Waals surface area contributed by atoms with Crippen LogP contribution in [0.3, 0.4) is 0 Å². The van der Waals surface area contributed by atoms with E-state index in [1.165, 1.54) is 17.7 Å². The highest BCUT2D eigenvalue weighted by Gasteiger charge is 2.30. The molecule has 10 heteroatoms. The van der Waals surface area contributed by atoms with Gasteiger partial charge in [-0.15, -0.1) is 0 Å². The molecule has 1 aliphatic carbocycles. The Balaban J connectivity index is 1.33. The van der Waals surface area contributed by atoms with Gasteiger partial charge in [-0.3, -0.25) is 9.59 Å². The number of hydrogen-bond acceptors (Lipinski definition) is 8. The first-order chi connectivity index (χ1) is 18.5. The fourth-order valence-corrected chi connectivity index (χ4v) is 4.59. The first kappa shape index (κ1) is 24.9. The number of methoxy groups -OCH3 is 1. The second-order valence-electron chi connectivity index (χ2n) is 9.10. The van der Waals surface area contributed by atoms with Crippen LogP contribution in [0.4, 0.5) is 5.69 Å². The van der Waals surface area contributed by atoms with Crippen molar-refractivity contribution < 1.29 is 19.0 Å². The quantitative estimate of drug-likeness (QED) is 0.579. The molecule has 1 saturated heterocycles. The van der Waals surface area contributed by atoms with E-state index in [1.54, 1.807) is 48.9 Å². The fraction of sp³-hybridized carbons (Fsp3) is 0.286. The van der Waals surface area contributed by atoms with Gasteiger partial charge in [0.1, 0.15) is 35.5 Å². The number of likely N-dealkylation sites (tertiary alicyclic amines) is 1. The van der Waals surface area contributed by atoms with Crippen molar-refractivity contribution in [2.75, 3.05) is 25.1 Å². The summed E-state index contributed by atoms with van der Waals surface area (Å²) >= 11 is 0. The van der Waals surface area contributed by atoms with Crippen LogP contribution < -0.4 is 15.2 Å². The lowest BCUT2D eigenvalue weighted by atomic mass is 10.0. The Labute approximate surface area is 220 Å². The molecule has 2 aromatic rings. The van der Waals surface area contributed by atoms with E-state index in [-0.39, 0.29) is 23.5 Å². The number of allylic oxidation sites excluding steroid dienone is 3. The van der Waals surface area contributed by atoms with E-state index in [4.69, 9.17) is 14.2 Å². The van der Waals surface area contributed by atoms with E-state index in [2.05, 4.69) is 17.1 Å². The van der Waals surface area contributed by atoms with Crippen LogP contribution in [0, 0.1) is 11.3 Å². The second kappa shape index (κ2) is 10.7. The largest absolute Gasteiger partial charge is 0.488 e. The van der Waals surface area contributed by atoms with Gasteiger partial charge in [-0.1, -0.05) is 6.08 Å². The maximum atomic E-state index is 13.0. The van der Waals surface area contributed by atoms with Crippen molar-refractivity contribution in [1.82, 2.24) is 14.5 Å². The average Bonchev–Trinajstić information content (AvgIpc) is 3.42. The molecule has 3 aliphatic rings. The minimum atomic E-state index is -0.168. The average molecular weight is 514 g/mol. The molecule has 38 heavy (non-hydrogen) atoms. The van der Waals surface area contributed by atoms with E-state index in [1.807, 2.05) is 17.2 Å². The predicted molar refractivity (Wildman–Crippen MR) is 139 cm³/mol. The highest BCUT2D eigenvalue weighted by molar-refractivity contribution is 5.94. The lowest BCUT2D eigenvalue weighted by Gasteiger charge is -2.26. The number of ether oxygens (including phenoxy) is 3. The zero-order valence-electron chi connectivity index (χ0n) is 21.2. The van der Waals surface area contributed by atoms with Crippen LogP contribution >= 0.6 is 0 Å². The number of pyridine rings is 2. The molecule has 0 saturated carbocycles. The Kier molecular flexibility index (Phi) is 7.00. The van der Waals surface area contributed by atoms with Crippen molar-refractivity contribution in [3.05, 3.63) is 100.0 Å². The Morgan fingerprint density at radius 3 is 2.97 bits per heavy atom. The van der Waals surface area contributed by atoms with Crippen LogP contribution in [0.15, 0.2) is 83.3 Å². The molecular formula is C28H27N5O5. The molecule has 4 heterocycles. The molecule has 0 unspecified atom stereocenters. The molecule has 2 aliphatic heterocycles. The first-order valence-electron chi connectivity index (χ1n) is 12.3. The van der Waals surface area contributed by atoms with Gasteiger partial charge in [0.05, 0.1) is 37.3 Å². The molecule has 1 fully saturated rings. The van der Waals surface area contributed by atoms with Crippen LogP contribution in [-0.4, -0.2) is 46.7 Å². The minimum absolute atomic E-state index is 0.121. The predicted octanol–water partition coefficient (Wildman–Crippen LogP) is 3.35. The summed E-state index contributed by atoms with van der Waals surface area (Å²) in [5.74, 6) is 1.50. The van der Waals surface area contributed by atoms with Crippen LogP contribution in [0.2, 0.25) is 0 Å². The highest BCUT2D eigenvalue weighted by atomic mass is 16.5. The van der Waals surface area contributed by atoms with Crippen molar-refractivity contribution in [1.29, 1.82) is 5.26 Å². The van der Waals surface area contributed by atoms with Gasteiger partial charge in [-0.05, 0) is 31.1 Å². The lowest BCUT2D eigenvalue weighted by Crippen LogP contribution is -2.31. The van der Waals surface area contributed by atoms with Gasteiger partial charge in [-0.2, -0.15) is 5.26 Å². The van der Waals surface area contributed by atoms with Crippen molar-refractivity contribution in [2.24, 2.45) is 7.05 Å². The van der Waals surface area contributed by atoms with E-state index in [9.17, 15) is 14.9 Å². The van der Waals surface area contributed by atoms with Crippen molar-refractivity contribution in [3.8, 4) is 11.9 Å².